The molecule has 3 heterocycles. The highest BCUT2D eigenvalue weighted by atomic mass is 32.1. The van der Waals surface area contributed by atoms with Crippen molar-refractivity contribution in [1.29, 1.82) is 0 Å². The van der Waals surface area contributed by atoms with Gasteiger partial charge in [0.1, 0.15) is 22.5 Å². The van der Waals surface area contributed by atoms with Gasteiger partial charge in [-0.3, -0.25) is 9.98 Å². The van der Waals surface area contributed by atoms with Gasteiger partial charge in [-0.25, -0.2) is 18.8 Å². The summed E-state index contributed by atoms with van der Waals surface area (Å²) >= 11 is 5.36. The van der Waals surface area contributed by atoms with E-state index in [0.717, 1.165) is 6.21 Å². The van der Waals surface area contributed by atoms with E-state index in [2.05, 4.69) is 41.9 Å². The van der Waals surface area contributed by atoms with Crippen molar-refractivity contribution < 1.29 is 31.4 Å². The number of nitrogens with one attached hydrogen (secondary N) is 2. The van der Waals surface area contributed by atoms with Gasteiger partial charge in [0.05, 0.1) is 24.7 Å². The van der Waals surface area contributed by atoms with E-state index in [1.165, 1.54) is 38.0 Å². The maximum Gasteiger partial charge on any atom is 0.573 e. The first-order chi connectivity index (χ1) is 18.4. The number of aliphatic imine (C=N–C) groups is 3. The molecule has 1 atom stereocenters. The Morgan fingerprint density at radius 3 is 2.67 bits per heavy atom. The SMILES string of the molecule is C=C(C=N/C(=C\C)C1C=NC(=N/C=c2/cnc(C)c/c2=C2/C=C(C(F)F)NC=C2OC)C(=S)N1)OC(F)(F)F. The minimum absolute atomic E-state index is 0.138. The largest absolute Gasteiger partial charge is 0.573 e. The second-order valence-corrected chi connectivity index (χ2v) is 8.29. The highest BCUT2D eigenvalue weighted by molar-refractivity contribution is 7.82. The summed E-state index contributed by atoms with van der Waals surface area (Å²) in [7, 11) is 1.42. The number of dihydropyridines is 1. The molecule has 0 radical (unpaired) electrons. The van der Waals surface area contributed by atoms with Crippen molar-refractivity contribution in [2.75, 3.05) is 7.11 Å². The highest BCUT2D eigenvalue weighted by Gasteiger charge is 2.31. The molecule has 1 aromatic rings. The third-order valence-electron chi connectivity index (χ3n) is 5.13. The zero-order chi connectivity index (χ0) is 28.7. The Balaban J connectivity index is 1.96. The zero-order valence-electron chi connectivity index (χ0n) is 20.9. The number of allylic oxidation sites excluding steroid dienone is 4. The molecule has 0 bridgehead atoms. The van der Waals surface area contributed by atoms with Gasteiger partial charge in [-0.2, -0.15) is 0 Å². The fraction of sp³-hybridized carbons (Fsp3) is 0.240. The lowest BCUT2D eigenvalue weighted by Crippen LogP contribution is -2.43. The summed E-state index contributed by atoms with van der Waals surface area (Å²) in [6.45, 7) is 6.55. The van der Waals surface area contributed by atoms with Crippen LogP contribution in [0, 0.1) is 6.92 Å². The number of halogens is 5. The molecule has 0 spiro atoms. The van der Waals surface area contributed by atoms with Gasteiger partial charge in [-0.05, 0) is 31.2 Å². The van der Waals surface area contributed by atoms with E-state index < -0.39 is 24.6 Å². The lowest BCUT2D eigenvalue weighted by molar-refractivity contribution is -0.301. The number of aromatic nitrogens is 1. The van der Waals surface area contributed by atoms with Crippen LogP contribution in [0.3, 0.4) is 0 Å². The minimum atomic E-state index is -4.88. The molecule has 8 nitrogen and oxygen atoms in total. The Morgan fingerprint density at radius 1 is 1.31 bits per heavy atom. The molecule has 0 fully saturated rings. The topological polar surface area (TPSA) is 92.5 Å². The number of rotatable bonds is 7. The third-order valence-corrected chi connectivity index (χ3v) is 5.43. The van der Waals surface area contributed by atoms with E-state index in [0.29, 0.717) is 33.2 Å². The number of ether oxygens (including phenoxy) is 2. The predicted molar refractivity (Wildman–Crippen MR) is 142 cm³/mol. The first-order valence-corrected chi connectivity index (χ1v) is 11.6. The number of thiocarbonyl (C=S) groups is 1. The van der Waals surface area contributed by atoms with Crippen molar-refractivity contribution in [1.82, 2.24) is 15.6 Å². The fourth-order valence-electron chi connectivity index (χ4n) is 3.38. The van der Waals surface area contributed by atoms with E-state index in [4.69, 9.17) is 17.0 Å². The molecule has 0 saturated heterocycles. The third kappa shape index (κ3) is 7.89. The molecule has 1 unspecified atom stereocenters. The van der Waals surface area contributed by atoms with Crippen LogP contribution < -0.4 is 21.1 Å². The highest BCUT2D eigenvalue weighted by Crippen LogP contribution is 2.21. The fourth-order valence-corrected chi connectivity index (χ4v) is 3.61. The van der Waals surface area contributed by atoms with Crippen molar-refractivity contribution in [3.05, 3.63) is 76.2 Å². The molecule has 0 amide bonds. The smallest absolute Gasteiger partial charge is 0.495 e. The van der Waals surface area contributed by atoms with Gasteiger partial charge >= 0.3 is 6.36 Å². The van der Waals surface area contributed by atoms with E-state index in [-0.39, 0.29) is 16.5 Å². The molecule has 39 heavy (non-hydrogen) atoms. The van der Waals surface area contributed by atoms with Gasteiger partial charge in [0.25, 0.3) is 6.43 Å². The Morgan fingerprint density at radius 2 is 2.05 bits per heavy atom. The quantitative estimate of drug-likeness (QED) is 0.228. The van der Waals surface area contributed by atoms with Crippen LogP contribution in [0.15, 0.2) is 75.1 Å². The van der Waals surface area contributed by atoms with Crippen molar-refractivity contribution in [2.24, 2.45) is 15.0 Å². The van der Waals surface area contributed by atoms with Crippen molar-refractivity contribution >= 4 is 47.2 Å². The number of aryl methyl sites for hydroxylation is 1. The maximum absolute atomic E-state index is 13.4. The number of hydrogen-bond acceptors (Lipinski definition) is 7. The molecule has 1 aromatic heterocycles. The number of pyridine rings is 1. The van der Waals surface area contributed by atoms with E-state index >= 15 is 0 Å². The summed E-state index contributed by atoms with van der Waals surface area (Å²) in [6, 6.07) is 1.06. The number of hydrogen-bond donors (Lipinski definition) is 2. The predicted octanol–water partition coefficient (Wildman–Crippen LogP) is 3.31. The summed E-state index contributed by atoms with van der Waals surface area (Å²) in [5.41, 5.74) is 1.07. The summed E-state index contributed by atoms with van der Waals surface area (Å²) in [5.74, 6) is -0.213. The van der Waals surface area contributed by atoms with Gasteiger partial charge < -0.3 is 20.1 Å². The van der Waals surface area contributed by atoms with Crippen molar-refractivity contribution in [2.45, 2.75) is 32.7 Å². The molecule has 14 heteroatoms. The van der Waals surface area contributed by atoms with Crippen LogP contribution >= 0.6 is 12.2 Å². The molecule has 0 aromatic carbocycles. The summed E-state index contributed by atoms with van der Waals surface area (Å²) in [5, 5.41) is 6.50. The summed E-state index contributed by atoms with van der Waals surface area (Å²) in [6.07, 6.45) is 1.83. The van der Waals surface area contributed by atoms with Crippen LogP contribution in [-0.2, 0) is 9.47 Å². The zero-order valence-corrected chi connectivity index (χ0v) is 21.7. The standard InChI is InChI=1S/C25H23F5N6O2S/c1-5-18(32-8-14(3)38-25(28,29)30)20-11-35-23(24(39)36-20)34-10-15-9-31-13(2)6-16(15)17-7-19(22(26)27)33-12-21(17)37-4/h5-12,20,22,33H,3H2,1-2,4H3,(H,36,39)/b15-10-,17-16+,18-5-,32-8?,34-23?. The molecule has 2 N–H and O–H groups in total. The normalized spacial score (nSPS) is 21.1. The van der Waals surface area contributed by atoms with Gasteiger partial charge in [0.2, 0.25) is 0 Å². The lowest BCUT2D eigenvalue weighted by Gasteiger charge is -2.20. The minimum Gasteiger partial charge on any atom is -0.495 e. The number of alkyl halides is 5. The number of methoxy groups -OCH3 is 1. The van der Waals surface area contributed by atoms with Gasteiger partial charge in [-0.1, -0.05) is 24.9 Å². The number of nitrogens with zero attached hydrogens (tertiary/aromatic N) is 4. The molecular formula is C25H23F5N6O2S. The second kappa shape index (κ2) is 12.6. The Labute approximate surface area is 225 Å². The van der Waals surface area contributed by atoms with Crippen LogP contribution in [0.5, 0.6) is 0 Å². The summed E-state index contributed by atoms with van der Waals surface area (Å²) < 4.78 is 72.7. The van der Waals surface area contributed by atoms with Crippen LogP contribution in [0.2, 0.25) is 0 Å². The molecule has 0 saturated carbocycles. The Kier molecular flexibility index (Phi) is 9.46. The monoisotopic (exact) mass is 566 g/mol. The molecule has 2 aliphatic heterocycles. The molecular weight excluding hydrogens is 543 g/mol. The average Bonchev–Trinajstić information content (AvgIpc) is 2.87. The Bertz CT molecular complexity index is 1460. The van der Waals surface area contributed by atoms with Gasteiger partial charge in [0.15, 0.2) is 5.84 Å². The van der Waals surface area contributed by atoms with E-state index in [9.17, 15) is 22.0 Å². The molecule has 206 valence electrons. The van der Waals surface area contributed by atoms with Crippen LogP contribution in [-0.4, -0.2) is 54.2 Å². The molecule has 2 aliphatic rings. The van der Waals surface area contributed by atoms with Crippen LogP contribution in [0.4, 0.5) is 22.0 Å². The number of amidine groups is 1. The first-order valence-electron chi connectivity index (χ1n) is 11.2. The Hall–Kier alpha value is -4.20. The second-order valence-electron chi connectivity index (χ2n) is 7.88. The lowest BCUT2D eigenvalue weighted by atomic mass is 10.1. The average molecular weight is 567 g/mol. The first kappa shape index (κ1) is 29.4. The summed E-state index contributed by atoms with van der Waals surface area (Å²) in [4.78, 5) is 17.0. The molecule has 3 rings (SSSR count). The van der Waals surface area contributed by atoms with Crippen molar-refractivity contribution in [3.63, 3.8) is 0 Å². The van der Waals surface area contributed by atoms with Crippen LogP contribution in [0.25, 0.3) is 11.8 Å². The maximum atomic E-state index is 13.4. The molecule has 0 aliphatic carbocycles. The van der Waals surface area contributed by atoms with E-state index in [1.54, 1.807) is 26.0 Å². The van der Waals surface area contributed by atoms with Gasteiger partial charge in [-0.15, -0.1) is 13.2 Å². The van der Waals surface area contributed by atoms with E-state index in [1.807, 2.05) is 0 Å². The van der Waals surface area contributed by atoms with Crippen molar-refractivity contribution in [3.8, 4) is 0 Å². The van der Waals surface area contributed by atoms with Crippen LogP contribution in [0.1, 0.15) is 12.6 Å². The van der Waals surface area contributed by atoms with Gasteiger partial charge in [0, 0.05) is 41.3 Å².